The summed E-state index contributed by atoms with van der Waals surface area (Å²) in [6, 6.07) is 14.9. The monoisotopic (exact) mass is 257 g/mol. The number of benzene rings is 1. The Morgan fingerprint density at radius 2 is 2.00 bits per heavy atom. The van der Waals surface area contributed by atoms with Crippen LogP contribution in [0.5, 0.6) is 0 Å². The smallest absolute Gasteiger partial charge is 0.125 e. The highest BCUT2D eigenvalue weighted by atomic mass is 16.5. The number of nitrogens with one attached hydrogen (secondary N) is 1. The quantitative estimate of drug-likeness (QED) is 0.913. The summed E-state index contributed by atoms with van der Waals surface area (Å²) in [6.07, 6.45) is 4.01. The lowest BCUT2D eigenvalue weighted by atomic mass is 10.0. The molecule has 100 valence electrons. The van der Waals surface area contributed by atoms with E-state index < -0.39 is 0 Å². The van der Waals surface area contributed by atoms with E-state index in [4.69, 9.17) is 9.15 Å². The van der Waals surface area contributed by atoms with Crippen LogP contribution in [0.15, 0.2) is 53.1 Å². The minimum absolute atomic E-state index is 0.0999. The van der Waals surface area contributed by atoms with Crippen molar-refractivity contribution in [1.82, 2.24) is 5.32 Å². The third kappa shape index (κ3) is 3.06. The first-order valence-electron chi connectivity index (χ1n) is 6.85. The molecule has 3 rings (SSSR count). The lowest BCUT2D eigenvalue weighted by Gasteiger charge is -2.28. The molecule has 3 heteroatoms. The Labute approximate surface area is 113 Å². The molecule has 19 heavy (non-hydrogen) atoms. The molecule has 2 unspecified atom stereocenters. The fourth-order valence-corrected chi connectivity index (χ4v) is 2.55. The van der Waals surface area contributed by atoms with E-state index in [9.17, 15) is 0 Å². The Kier molecular flexibility index (Phi) is 3.96. The first kappa shape index (κ1) is 12.5. The maximum atomic E-state index is 5.59. The number of ether oxygens (including phenoxy) is 1. The summed E-state index contributed by atoms with van der Waals surface area (Å²) in [5, 5.41) is 3.66. The molecular weight excluding hydrogens is 238 g/mol. The maximum Gasteiger partial charge on any atom is 0.125 e. The molecule has 0 bridgehead atoms. The second-order valence-corrected chi connectivity index (χ2v) is 4.94. The van der Waals surface area contributed by atoms with Crippen molar-refractivity contribution in [3.05, 3.63) is 60.1 Å². The Morgan fingerprint density at radius 1 is 1.11 bits per heavy atom. The highest BCUT2D eigenvalue weighted by Crippen LogP contribution is 2.24. The van der Waals surface area contributed by atoms with Gasteiger partial charge < -0.3 is 9.15 Å². The van der Waals surface area contributed by atoms with Gasteiger partial charge >= 0.3 is 0 Å². The highest BCUT2D eigenvalue weighted by molar-refractivity contribution is 5.26. The van der Waals surface area contributed by atoms with Gasteiger partial charge in [-0.05, 0) is 30.5 Å². The van der Waals surface area contributed by atoms with Crippen LogP contribution in [0, 0.1) is 0 Å². The molecule has 1 aliphatic heterocycles. The lowest BCUT2D eigenvalue weighted by Crippen LogP contribution is -2.39. The third-order valence-electron chi connectivity index (χ3n) is 3.52. The molecule has 0 radical (unpaired) electrons. The topological polar surface area (TPSA) is 34.4 Å². The minimum atomic E-state index is 0.0999. The van der Waals surface area contributed by atoms with E-state index >= 15 is 0 Å². The van der Waals surface area contributed by atoms with Crippen LogP contribution in [0.2, 0.25) is 0 Å². The summed E-state index contributed by atoms with van der Waals surface area (Å²) in [6.45, 7) is 1.67. The van der Waals surface area contributed by atoms with Crippen LogP contribution in [0.1, 0.15) is 30.2 Å². The zero-order chi connectivity index (χ0) is 12.9. The lowest BCUT2D eigenvalue weighted by molar-refractivity contribution is 0.0670. The van der Waals surface area contributed by atoms with Crippen molar-refractivity contribution >= 4 is 0 Å². The molecule has 1 aromatic heterocycles. The van der Waals surface area contributed by atoms with Crippen LogP contribution < -0.4 is 5.32 Å². The van der Waals surface area contributed by atoms with E-state index in [1.807, 2.05) is 18.2 Å². The van der Waals surface area contributed by atoms with Crippen LogP contribution in [0.3, 0.4) is 0 Å². The predicted octanol–water partition coefficient (Wildman–Crippen LogP) is 3.14. The number of hydrogen-bond donors (Lipinski definition) is 1. The maximum absolute atomic E-state index is 5.59. The van der Waals surface area contributed by atoms with Gasteiger partial charge in [-0.3, -0.25) is 5.32 Å². The van der Waals surface area contributed by atoms with Gasteiger partial charge in [0.25, 0.3) is 0 Å². The molecule has 1 aliphatic rings. The average Bonchev–Trinajstić information content (AvgIpc) is 3.01. The summed E-state index contributed by atoms with van der Waals surface area (Å²) < 4.78 is 11.1. The summed E-state index contributed by atoms with van der Waals surface area (Å²) in [7, 11) is 0. The molecule has 1 N–H and O–H groups in total. The van der Waals surface area contributed by atoms with Crippen molar-refractivity contribution < 1.29 is 9.15 Å². The fraction of sp³-hybridized carbons (Fsp3) is 0.375. The molecule has 0 saturated carbocycles. The van der Waals surface area contributed by atoms with Crippen LogP contribution in [-0.2, 0) is 4.74 Å². The second-order valence-electron chi connectivity index (χ2n) is 4.94. The van der Waals surface area contributed by atoms with E-state index in [0.29, 0.717) is 6.04 Å². The molecule has 2 aromatic rings. The number of furan rings is 1. The number of rotatable bonds is 4. The van der Waals surface area contributed by atoms with E-state index in [-0.39, 0.29) is 6.04 Å². The van der Waals surface area contributed by atoms with Crippen molar-refractivity contribution in [3.63, 3.8) is 0 Å². The Bertz CT molecular complexity index is 475. The van der Waals surface area contributed by atoms with E-state index in [1.165, 1.54) is 5.56 Å². The van der Waals surface area contributed by atoms with Gasteiger partial charge in [-0.1, -0.05) is 30.3 Å². The Balaban J connectivity index is 1.80. The molecule has 1 aromatic carbocycles. The standard InChI is InChI=1S/C16H19NO2/c1-2-6-13(7-3-1)16(15-9-5-11-19-15)17-14-8-4-10-18-12-14/h1-3,5-7,9,11,14,16-17H,4,8,10,12H2. The van der Waals surface area contributed by atoms with Crippen molar-refractivity contribution in [2.24, 2.45) is 0 Å². The highest BCUT2D eigenvalue weighted by Gasteiger charge is 2.22. The Morgan fingerprint density at radius 3 is 2.68 bits per heavy atom. The molecule has 2 heterocycles. The van der Waals surface area contributed by atoms with Crippen molar-refractivity contribution in [2.45, 2.75) is 24.9 Å². The van der Waals surface area contributed by atoms with E-state index in [2.05, 4.69) is 29.6 Å². The zero-order valence-electron chi connectivity index (χ0n) is 10.9. The van der Waals surface area contributed by atoms with Gasteiger partial charge in [0.15, 0.2) is 0 Å². The molecule has 1 fully saturated rings. The molecule has 0 spiro atoms. The van der Waals surface area contributed by atoms with Gasteiger partial charge in [-0.15, -0.1) is 0 Å². The first-order chi connectivity index (χ1) is 9.43. The Hall–Kier alpha value is -1.58. The van der Waals surface area contributed by atoms with Gasteiger partial charge in [0.2, 0.25) is 0 Å². The van der Waals surface area contributed by atoms with Crippen LogP contribution in [-0.4, -0.2) is 19.3 Å². The number of hydrogen-bond acceptors (Lipinski definition) is 3. The van der Waals surface area contributed by atoms with Crippen LogP contribution >= 0.6 is 0 Å². The summed E-state index contributed by atoms with van der Waals surface area (Å²) in [5.74, 6) is 0.955. The molecule has 0 aliphatic carbocycles. The van der Waals surface area contributed by atoms with Gasteiger partial charge in [0.05, 0.1) is 18.9 Å². The summed E-state index contributed by atoms with van der Waals surface area (Å²) in [5.41, 5.74) is 1.23. The molecule has 1 saturated heterocycles. The average molecular weight is 257 g/mol. The molecule has 0 amide bonds. The van der Waals surface area contributed by atoms with Gasteiger partial charge in [0, 0.05) is 12.6 Å². The first-order valence-corrected chi connectivity index (χ1v) is 6.85. The summed E-state index contributed by atoms with van der Waals surface area (Å²) in [4.78, 5) is 0. The normalized spacial score (nSPS) is 21.2. The van der Waals surface area contributed by atoms with Gasteiger partial charge in [-0.2, -0.15) is 0 Å². The SMILES string of the molecule is c1ccc(C(NC2CCCOC2)c2ccco2)cc1. The van der Waals surface area contributed by atoms with Crippen molar-refractivity contribution in [1.29, 1.82) is 0 Å². The zero-order valence-corrected chi connectivity index (χ0v) is 10.9. The minimum Gasteiger partial charge on any atom is -0.467 e. The van der Waals surface area contributed by atoms with E-state index in [0.717, 1.165) is 31.8 Å². The van der Waals surface area contributed by atoms with Gasteiger partial charge in [0.1, 0.15) is 5.76 Å². The third-order valence-corrected chi connectivity index (χ3v) is 3.52. The van der Waals surface area contributed by atoms with Crippen molar-refractivity contribution in [2.75, 3.05) is 13.2 Å². The van der Waals surface area contributed by atoms with Crippen molar-refractivity contribution in [3.8, 4) is 0 Å². The van der Waals surface area contributed by atoms with Crippen LogP contribution in [0.4, 0.5) is 0 Å². The van der Waals surface area contributed by atoms with Gasteiger partial charge in [-0.25, -0.2) is 0 Å². The largest absolute Gasteiger partial charge is 0.467 e. The molecule has 2 atom stereocenters. The predicted molar refractivity (Wildman–Crippen MR) is 74.0 cm³/mol. The summed E-state index contributed by atoms with van der Waals surface area (Å²) >= 11 is 0. The molecular formula is C16H19NO2. The second kappa shape index (κ2) is 6.04. The molecule has 3 nitrogen and oxygen atoms in total. The fourth-order valence-electron chi connectivity index (χ4n) is 2.55. The van der Waals surface area contributed by atoms with Crippen LogP contribution in [0.25, 0.3) is 0 Å². The van der Waals surface area contributed by atoms with E-state index in [1.54, 1.807) is 6.26 Å².